The first-order chi connectivity index (χ1) is 16.4. The second-order valence-electron chi connectivity index (χ2n) is 8.17. The molecule has 0 aliphatic carbocycles. The van der Waals surface area contributed by atoms with Crippen LogP contribution in [0.4, 0.5) is 0 Å². The van der Waals surface area contributed by atoms with Gasteiger partial charge in [0.1, 0.15) is 11.5 Å². The van der Waals surface area contributed by atoms with E-state index in [-0.39, 0.29) is 12.2 Å². The highest BCUT2D eigenvalue weighted by Crippen LogP contribution is 2.42. The van der Waals surface area contributed by atoms with Gasteiger partial charge in [-0.1, -0.05) is 24.3 Å². The first kappa shape index (κ1) is 23.2. The van der Waals surface area contributed by atoms with Crippen molar-refractivity contribution in [3.05, 3.63) is 80.9 Å². The predicted molar refractivity (Wildman–Crippen MR) is 125 cm³/mol. The Morgan fingerprint density at radius 1 is 1.24 bits per heavy atom. The molecule has 0 radical (unpaired) electrons. The van der Waals surface area contributed by atoms with Crippen LogP contribution in [0, 0.1) is 6.92 Å². The van der Waals surface area contributed by atoms with Crippen LogP contribution >= 0.6 is 0 Å². The summed E-state index contributed by atoms with van der Waals surface area (Å²) in [6.45, 7) is 2.62. The molecule has 0 saturated carbocycles. The Kier molecular flexibility index (Phi) is 6.77. The molecule has 1 amide bonds. The molecule has 1 atom stereocenters. The fourth-order valence-electron chi connectivity index (χ4n) is 4.20. The Morgan fingerprint density at radius 2 is 2.06 bits per heavy atom. The second kappa shape index (κ2) is 9.91. The SMILES string of the molecule is COc1cccc([C@@H](CC(N)=O)c2oc(C)cc(=O)c2O)c1OCCc1ccc2c(c1)CCO2. The summed E-state index contributed by atoms with van der Waals surface area (Å²) in [4.78, 5) is 24.1. The van der Waals surface area contributed by atoms with Gasteiger partial charge in [-0.3, -0.25) is 9.59 Å². The van der Waals surface area contributed by atoms with Crippen molar-refractivity contribution in [1.82, 2.24) is 0 Å². The highest BCUT2D eigenvalue weighted by Gasteiger charge is 2.29. The van der Waals surface area contributed by atoms with Gasteiger partial charge >= 0.3 is 0 Å². The van der Waals surface area contributed by atoms with Gasteiger partial charge in [0.25, 0.3) is 0 Å². The summed E-state index contributed by atoms with van der Waals surface area (Å²) in [7, 11) is 1.51. The van der Waals surface area contributed by atoms with Crippen LogP contribution in [-0.2, 0) is 17.6 Å². The number of hydrogen-bond acceptors (Lipinski definition) is 7. The summed E-state index contributed by atoms with van der Waals surface area (Å²) < 4.78 is 22.9. The minimum absolute atomic E-state index is 0.0412. The number of carbonyl (C=O) groups is 1. The summed E-state index contributed by atoms with van der Waals surface area (Å²) in [5.74, 6) is -0.00157. The maximum Gasteiger partial charge on any atom is 0.227 e. The van der Waals surface area contributed by atoms with E-state index < -0.39 is 23.0 Å². The molecule has 1 aliphatic rings. The molecule has 0 unspecified atom stereocenters. The van der Waals surface area contributed by atoms with E-state index in [1.807, 2.05) is 12.1 Å². The van der Waals surface area contributed by atoms with Crippen LogP contribution in [0.3, 0.4) is 0 Å². The smallest absolute Gasteiger partial charge is 0.227 e. The monoisotopic (exact) mass is 465 g/mol. The van der Waals surface area contributed by atoms with Crippen molar-refractivity contribution < 1.29 is 28.5 Å². The van der Waals surface area contributed by atoms with E-state index in [0.29, 0.717) is 42.5 Å². The molecule has 0 bridgehead atoms. The van der Waals surface area contributed by atoms with Crippen LogP contribution < -0.4 is 25.4 Å². The van der Waals surface area contributed by atoms with Crippen molar-refractivity contribution in [2.45, 2.75) is 32.1 Å². The van der Waals surface area contributed by atoms with Gasteiger partial charge < -0.3 is 29.5 Å². The number of para-hydroxylation sites is 1. The molecule has 178 valence electrons. The molecule has 2 aromatic carbocycles. The fraction of sp³-hybridized carbons (Fsp3) is 0.308. The van der Waals surface area contributed by atoms with Crippen molar-refractivity contribution in [1.29, 1.82) is 0 Å². The third-order valence-electron chi connectivity index (χ3n) is 5.79. The van der Waals surface area contributed by atoms with Crippen molar-refractivity contribution in [2.75, 3.05) is 20.3 Å². The van der Waals surface area contributed by atoms with Gasteiger partial charge in [0.05, 0.1) is 26.2 Å². The summed E-state index contributed by atoms with van der Waals surface area (Å²) in [5.41, 5.74) is 7.72. The maximum absolute atomic E-state index is 12.2. The minimum atomic E-state index is -0.840. The van der Waals surface area contributed by atoms with Crippen LogP contribution in [0.1, 0.15) is 40.5 Å². The summed E-state index contributed by atoms with van der Waals surface area (Å²) in [6.07, 6.45) is 1.32. The molecular weight excluding hydrogens is 438 g/mol. The summed E-state index contributed by atoms with van der Waals surface area (Å²) in [5, 5.41) is 10.4. The van der Waals surface area contributed by atoms with E-state index in [0.717, 1.165) is 17.7 Å². The zero-order valence-corrected chi connectivity index (χ0v) is 19.1. The van der Waals surface area contributed by atoms with E-state index >= 15 is 0 Å². The number of benzene rings is 2. The number of methoxy groups -OCH3 is 1. The van der Waals surface area contributed by atoms with Gasteiger partial charge in [-0.25, -0.2) is 0 Å². The van der Waals surface area contributed by atoms with Crippen molar-refractivity contribution in [3.8, 4) is 23.0 Å². The first-order valence-electron chi connectivity index (χ1n) is 11.0. The van der Waals surface area contributed by atoms with Crippen molar-refractivity contribution in [2.24, 2.45) is 5.73 Å². The van der Waals surface area contributed by atoms with E-state index in [4.69, 9.17) is 24.4 Å². The number of primary amides is 1. The maximum atomic E-state index is 12.2. The molecule has 0 fully saturated rings. The number of amides is 1. The standard InChI is InChI=1S/C26H27NO7/c1-15-12-20(28)24(30)26(34-15)19(14-23(27)29)18-4-3-5-22(31-2)25(18)33-10-8-16-6-7-21-17(13-16)9-11-32-21/h3-7,12-13,19,30H,8-11,14H2,1-2H3,(H2,27,29)/t19-/m1/s1. The van der Waals surface area contributed by atoms with Crippen LogP contribution in [-0.4, -0.2) is 31.3 Å². The van der Waals surface area contributed by atoms with E-state index in [2.05, 4.69) is 6.07 Å². The number of ether oxygens (including phenoxy) is 3. The quantitative estimate of drug-likeness (QED) is 0.498. The van der Waals surface area contributed by atoms with E-state index in [9.17, 15) is 14.7 Å². The molecule has 2 heterocycles. The minimum Gasteiger partial charge on any atom is -0.502 e. The number of nitrogens with two attached hydrogens (primary N) is 1. The first-order valence-corrected chi connectivity index (χ1v) is 11.0. The zero-order valence-electron chi connectivity index (χ0n) is 19.1. The van der Waals surface area contributed by atoms with Crippen molar-refractivity contribution >= 4 is 5.91 Å². The lowest BCUT2D eigenvalue weighted by Crippen LogP contribution is -2.19. The lowest BCUT2D eigenvalue weighted by molar-refractivity contribution is -0.118. The van der Waals surface area contributed by atoms with Gasteiger partial charge in [0.15, 0.2) is 17.3 Å². The fourth-order valence-corrected chi connectivity index (χ4v) is 4.20. The van der Waals surface area contributed by atoms with Gasteiger partial charge in [0.2, 0.25) is 17.1 Å². The normalized spacial score (nSPS) is 13.1. The number of fused-ring (bicyclic) bond motifs is 1. The molecule has 1 aliphatic heterocycles. The third-order valence-corrected chi connectivity index (χ3v) is 5.79. The average molecular weight is 466 g/mol. The predicted octanol–water partition coefficient (Wildman–Crippen LogP) is 3.23. The number of aryl methyl sites for hydroxylation is 1. The Hall–Kier alpha value is -3.94. The Morgan fingerprint density at radius 3 is 2.82 bits per heavy atom. The average Bonchev–Trinajstić information content (AvgIpc) is 3.28. The molecule has 3 N–H and O–H groups in total. The van der Waals surface area contributed by atoms with Gasteiger partial charge in [-0.2, -0.15) is 0 Å². The molecule has 1 aromatic heterocycles. The van der Waals surface area contributed by atoms with Gasteiger partial charge in [-0.15, -0.1) is 0 Å². The van der Waals surface area contributed by atoms with Gasteiger partial charge in [0, 0.05) is 30.9 Å². The summed E-state index contributed by atoms with van der Waals surface area (Å²) >= 11 is 0. The second-order valence-corrected chi connectivity index (χ2v) is 8.17. The molecule has 0 spiro atoms. The molecule has 34 heavy (non-hydrogen) atoms. The lowest BCUT2D eigenvalue weighted by atomic mass is 9.90. The third kappa shape index (κ3) is 4.85. The topological polar surface area (TPSA) is 121 Å². The molecule has 0 saturated heterocycles. The number of rotatable bonds is 9. The molecular formula is C26H27NO7. The number of aromatic hydroxyl groups is 1. The van der Waals surface area contributed by atoms with E-state index in [1.54, 1.807) is 25.1 Å². The van der Waals surface area contributed by atoms with Crippen LogP contribution in [0.15, 0.2) is 51.7 Å². The van der Waals surface area contributed by atoms with Crippen LogP contribution in [0.2, 0.25) is 0 Å². The van der Waals surface area contributed by atoms with Crippen LogP contribution in [0.5, 0.6) is 23.0 Å². The summed E-state index contributed by atoms with van der Waals surface area (Å²) in [6, 6.07) is 12.5. The largest absolute Gasteiger partial charge is 0.502 e. The molecule has 3 aromatic rings. The Bertz CT molecular complexity index is 1260. The van der Waals surface area contributed by atoms with Crippen molar-refractivity contribution in [3.63, 3.8) is 0 Å². The van der Waals surface area contributed by atoms with Crippen LogP contribution in [0.25, 0.3) is 0 Å². The number of carbonyl (C=O) groups excluding carboxylic acids is 1. The van der Waals surface area contributed by atoms with E-state index in [1.165, 1.54) is 18.7 Å². The highest BCUT2D eigenvalue weighted by molar-refractivity contribution is 5.76. The Balaban J connectivity index is 1.66. The lowest BCUT2D eigenvalue weighted by Gasteiger charge is -2.21. The number of hydrogen-bond donors (Lipinski definition) is 2. The molecule has 4 rings (SSSR count). The zero-order chi connectivity index (χ0) is 24.2. The Labute approximate surface area is 196 Å². The highest BCUT2D eigenvalue weighted by atomic mass is 16.5. The molecule has 8 heteroatoms. The molecule has 8 nitrogen and oxygen atoms in total. The van der Waals surface area contributed by atoms with Gasteiger partial charge in [-0.05, 0) is 30.2 Å².